The molecule has 0 heterocycles. The van der Waals surface area contributed by atoms with Crippen LogP contribution in [0.4, 0.5) is 0 Å². The summed E-state index contributed by atoms with van der Waals surface area (Å²) in [5.74, 6) is 0. The summed E-state index contributed by atoms with van der Waals surface area (Å²) in [5, 5.41) is 6.65. The van der Waals surface area contributed by atoms with E-state index < -0.39 is 0 Å². The van der Waals surface area contributed by atoms with E-state index in [0.29, 0.717) is 6.04 Å². The Hall–Kier alpha value is -0.0800. The predicted molar refractivity (Wildman–Crippen MR) is 50.9 cm³/mol. The second kappa shape index (κ2) is 4.73. The van der Waals surface area contributed by atoms with Gasteiger partial charge in [-0.05, 0) is 34.4 Å². The highest BCUT2D eigenvalue weighted by molar-refractivity contribution is 4.88. The summed E-state index contributed by atoms with van der Waals surface area (Å²) in [4.78, 5) is 0. The van der Waals surface area contributed by atoms with E-state index in [1.807, 2.05) is 14.1 Å². The van der Waals surface area contributed by atoms with Crippen molar-refractivity contribution in [2.75, 3.05) is 14.1 Å². The quantitative estimate of drug-likeness (QED) is 0.631. The van der Waals surface area contributed by atoms with E-state index in [0.717, 1.165) is 0 Å². The molecule has 68 valence electrons. The minimum absolute atomic E-state index is 0.199. The fourth-order valence-electron chi connectivity index (χ4n) is 1.33. The van der Waals surface area contributed by atoms with E-state index in [4.69, 9.17) is 0 Å². The van der Waals surface area contributed by atoms with Crippen LogP contribution in [0.25, 0.3) is 0 Å². The van der Waals surface area contributed by atoms with Crippen LogP contribution in [-0.2, 0) is 0 Å². The van der Waals surface area contributed by atoms with Gasteiger partial charge in [0.05, 0.1) is 0 Å². The molecule has 0 amide bonds. The van der Waals surface area contributed by atoms with Crippen LogP contribution in [0.2, 0.25) is 0 Å². The molecule has 0 rings (SSSR count). The molecule has 0 bridgehead atoms. The lowest BCUT2D eigenvalue weighted by molar-refractivity contribution is 0.290. The molecule has 2 N–H and O–H groups in total. The molecule has 0 spiro atoms. The SMILES string of the molecule is CCCC(NC)C(C)(C)NC. The Morgan fingerprint density at radius 1 is 1.27 bits per heavy atom. The largest absolute Gasteiger partial charge is 0.315 e. The summed E-state index contributed by atoms with van der Waals surface area (Å²) in [5.41, 5.74) is 0.199. The van der Waals surface area contributed by atoms with Gasteiger partial charge in [0.1, 0.15) is 0 Å². The highest BCUT2D eigenvalue weighted by Gasteiger charge is 2.24. The molecule has 0 aliphatic rings. The first-order chi connectivity index (χ1) is 5.08. The van der Waals surface area contributed by atoms with Crippen molar-refractivity contribution in [1.82, 2.24) is 10.6 Å². The van der Waals surface area contributed by atoms with Crippen LogP contribution < -0.4 is 10.6 Å². The summed E-state index contributed by atoms with van der Waals surface area (Å²) in [6, 6.07) is 0.567. The topological polar surface area (TPSA) is 24.1 Å². The van der Waals surface area contributed by atoms with Gasteiger partial charge in [0.15, 0.2) is 0 Å². The Balaban J connectivity index is 3.99. The number of hydrogen-bond acceptors (Lipinski definition) is 2. The summed E-state index contributed by atoms with van der Waals surface area (Å²) in [7, 11) is 4.04. The normalized spacial score (nSPS) is 15.0. The number of rotatable bonds is 5. The molecular weight excluding hydrogens is 136 g/mol. The van der Waals surface area contributed by atoms with E-state index in [1.165, 1.54) is 12.8 Å². The molecule has 0 saturated heterocycles. The second-order valence-electron chi connectivity index (χ2n) is 3.60. The van der Waals surface area contributed by atoms with Crippen molar-refractivity contribution in [1.29, 1.82) is 0 Å². The standard InChI is InChI=1S/C9H22N2/c1-6-7-8(10-4)9(2,3)11-5/h8,10-11H,6-7H2,1-5H3. The van der Waals surface area contributed by atoms with Gasteiger partial charge in [0.2, 0.25) is 0 Å². The molecule has 0 aliphatic carbocycles. The summed E-state index contributed by atoms with van der Waals surface area (Å²) >= 11 is 0. The molecule has 1 unspecified atom stereocenters. The third kappa shape index (κ3) is 3.21. The first-order valence-corrected chi connectivity index (χ1v) is 4.44. The van der Waals surface area contributed by atoms with Crippen molar-refractivity contribution in [3.05, 3.63) is 0 Å². The van der Waals surface area contributed by atoms with Gasteiger partial charge in [0, 0.05) is 11.6 Å². The van der Waals surface area contributed by atoms with E-state index in [-0.39, 0.29) is 5.54 Å². The first-order valence-electron chi connectivity index (χ1n) is 4.44. The van der Waals surface area contributed by atoms with Gasteiger partial charge in [-0.3, -0.25) is 0 Å². The number of nitrogens with one attached hydrogen (secondary N) is 2. The van der Waals surface area contributed by atoms with Crippen LogP contribution in [0, 0.1) is 0 Å². The predicted octanol–water partition coefficient (Wildman–Crippen LogP) is 1.37. The Bertz CT molecular complexity index is 99.7. The van der Waals surface area contributed by atoms with Gasteiger partial charge in [-0.1, -0.05) is 13.3 Å². The highest BCUT2D eigenvalue weighted by atomic mass is 15.0. The summed E-state index contributed by atoms with van der Waals surface area (Å²) in [6.45, 7) is 6.67. The molecule has 0 aromatic heterocycles. The lowest BCUT2D eigenvalue weighted by Gasteiger charge is -2.33. The Morgan fingerprint density at radius 2 is 1.82 bits per heavy atom. The van der Waals surface area contributed by atoms with Crippen molar-refractivity contribution in [2.24, 2.45) is 0 Å². The van der Waals surface area contributed by atoms with E-state index in [9.17, 15) is 0 Å². The molecule has 0 aromatic rings. The molecular formula is C9H22N2. The summed E-state index contributed by atoms with van der Waals surface area (Å²) < 4.78 is 0. The highest BCUT2D eigenvalue weighted by Crippen LogP contribution is 2.12. The summed E-state index contributed by atoms with van der Waals surface area (Å²) in [6.07, 6.45) is 2.46. The van der Waals surface area contributed by atoms with Crippen LogP contribution in [0.1, 0.15) is 33.6 Å². The molecule has 0 radical (unpaired) electrons. The van der Waals surface area contributed by atoms with Crippen molar-refractivity contribution in [3.8, 4) is 0 Å². The van der Waals surface area contributed by atoms with Gasteiger partial charge >= 0.3 is 0 Å². The third-order valence-electron chi connectivity index (χ3n) is 2.44. The minimum Gasteiger partial charge on any atom is -0.315 e. The lowest BCUT2D eigenvalue weighted by atomic mass is 9.91. The fraction of sp³-hybridized carbons (Fsp3) is 1.00. The zero-order chi connectivity index (χ0) is 8.91. The number of likely N-dealkylation sites (N-methyl/N-ethyl adjacent to an activating group) is 2. The molecule has 0 aliphatic heterocycles. The van der Waals surface area contributed by atoms with Crippen LogP contribution in [0.5, 0.6) is 0 Å². The number of hydrogen-bond donors (Lipinski definition) is 2. The minimum atomic E-state index is 0.199. The molecule has 1 atom stereocenters. The lowest BCUT2D eigenvalue weighted by Crippen LogP contribution is -2.53. The van der Waals surface area contributed by atoms with Gasteiger partial charge in [-0.25, -0.2) is 0 Å². The maximum atomic E-state index is 3.33. The van der Waals surface area contributed by atoms with E-state index in [2.05, 4.69) is 31.4 Å². The van der Waals surface area contributed by atoms with Gasteiger partial charge in [0.25, 0.3) is 0 Å². The van der Waals surface area contributed by atoms with E-state index >= 15 is 0 Å². The van der Waals surface area contributed by atoms with Crippen molar-refractivity contribution in [3.63, 3.8) is 0 Å². The first kappa shape index (κ1) is 10.9. The Labute approximate surface area is 70.8 Å². The average molecular weight is 158 g/mol. The maximum Gasteiger partial charge on any atom is 0.0275 e. The van der Waals surface area contributed by atoms with Gasteiger partial charge in [-0.15, -0.1) is 0 Å². The fourth-order valence-corrected chi connectivity index (χ4v) is 1.33. The average Bonchev–Trinajstić information content (AvgIpc) is 2.00. The monoisotopic (exact) mass is 158 g/mol. The van der Waals surface area contributed by atoms with Crippen LogP contribution in [0.15, 0.2) is 0 Å². The van der Waals surface area contributed by atoms with Gasteiger partial charge in [-0.2, -0.15) is 0 Å². The Morgan fingerprint density at radius 3 is 2.09 bits per heavy atom. The molecule has 2 nitrogen and oxygen atoms in total. The zero-order valence-corrected chi connectivity index (χ0v) is 8.49. The van der Waals surface area contributed by atoms with E-state index in [1.54, 1.807) is 0 Å². The van der Waals surface area contributed by atoms with Crippen LogP contribution in [0.3, 0.4) is 0 Å². The Kier molecular flexibility index (Phi) is 4.69. The van der Waals surface area contributed by atoms with Crippen molar-refractivity contribution in [2.45, 2.75) is 45.2 Å². The molecule has 0 fully saturated rings. The smallest absolute Gasteiger partial charge is 0.0275 e. The molecule has 0 saturated carbocycles. The zero-order valence-electron chi connectivity index (χ0n) is 8.49. The maximum absolute atomic E-state index is 3.33. The van der Waals surface area contributed by atoms with Crippen LogP contribution in [-0.4, -0.2) is 25.7 Å². The van der Waals surface area contributed by atoms with Crippen molar-refractivity contribution >= 4 is 0 Å². The third-order valence-corrected chi connectivity index (χ3v) is 2.44. The van der Waals surface area contributed by atoms with Crippen molar-refractivity contribution < 1.29 is 0 Å². The molecule has 0 aromatic carbocycles. The molecule has 11 heavy (non-hydrogen) atoms. The van der Waals surface area contributed by atoms with Crippen LogP contribution >= 0.6 is 0 Å². The van der Waals surface area contributed by atoms with Gasteiger partial charge < -0.3 is 10.6 Å². The molecule has 2 heteroatoms. The second-order valence-corrected chi connectivity index (χ2v) is 3.60.